The predicted octanol–water partition coefficient (Wildman–Crippen LogP) is 2.14. The van der Waals surface area contributed by atoms with Gasteiger partial charge in [0, 0.05) is 16.8 Å². The molecule has 2 aromatic carbocycles. The number of allylic oxidation sites excluding steroid dienone is 1. The van der Waals surface area contributed by atoms with Crippen LogP contribution < -0.4 is 15.0 Å². The first-order valence-corrected chi connectivity index (χ1v) is 11.6. The molecule has 2 aromatic rings. The van der Waals surface area contributed by atoms with Crippen molar-refractivity contribution < 1.29 is 26.6 Å². The molecule has 0 fully saturated rings. The standard InChI is InChI=1S/C11H11NO.C8H10AsNO5/c1-7(2)10-8-5-3-4-6-9(8)12-11(10)13;1-6(11)10-8-5-3-2-4-7(8)9(12,13)15-14/h3-6H,1-2H3,(H,12,13);2-5,14H,1H3,(H,10,11)(H,12,13). The number of nitrogens with one attached hydrogen (secondary N) is 2. The van der Waals surface area contributed by atoms with Crippen LogP contribution in [0.5, 0.6) is 0 Å². The number of carbonyl (C=O) groups is 2. The Morgan fingerprint density at radius 1 is 1.07 bits per heavy atom. The minimum atomic E-state index is -4.92. The van der Waals surface area contributed by atoms with E-state index in [1.807, 2.05) is 38.1 Å². The predicted molar refractivity (Wildman–Crippen MR) is 106 cm³/mol. The molecule has 28 heavy (non-hydrogen) atoms. The van der Waals surface area contributed by atoms with E-state index in [-0.39, 0.29) is 21.9 Å². The Bertz CT molecular complexity index is 982. The minimum absolute atomic E-state index is 0.0150. The number of carbonyl (C=O) groups excluding carboxylic acids is 2. The van der Waals surface area contributed by atoms with Crippen molar-refractivity contribution in [1.82, 2.24) is 0 Å². The van der Waals surface area contributed by atoms with Gasteiger partial charge in [0.05, 0.1) is 0 Å². The summed E-state index contributed by atoms with van der Waals surface area (Å²) in [6.45, 7) is 5.18. The normalized spacial score (nSPS) is 14.2. The minimum Gasteiger partial charge on any atom is -0.321 e. The fourth-order valence-electron chi connectivity index (χ4n) is 2.67. The molecule has 148 valence electrons. The third-order valence-corrected chi connectivity index (χ3v) is 6.36. The number of hydrogen-bond donors (Lipinski definition) is 4. The van der Waals surface area contributed by atoms with Gasteiger partial charge in [-0.05, 0) is 19.9 Å². The van der Waals surface area contributed by atoms with E-state index in [1.165, 1.54) is 25.1 Å². The fourth-order valence-corrected chi connectivity index (χ4v) is 4.35. The number of amides is 2. The van der Waals surface area contributed by atoms with Crippen molar-refractivity contribution in [3.05, 3.63) is 59.7 Å². The van der Waals surface area contributed by atoms with E-state index >= 15 is 0 Å². The summed E-state index contributed by atoms with van der Waals surface area (Å²) in [6, 6.07) is 13.6. The Kier molecular flexibility index (Phi) is 6.99. The second kappa shape index (κ2) is 9.03. The van der Waals surface area contributed by atoms with Crippen molar-refractivity contribution in [2.24, 2.45) is 0 Å². The van der Waals surface area contributed by atoms with E-state index < -0.39 is 14.2 Å². The average Bonchev–Trinajstić information content (AvgIpc) is 2.98. The fraction of sp³-hybridized carbons (Fsp3) is 0.158. The molecule has 2 amide bonds. The smallest absolute Gasteiger partial charge is 0.256 e. The van der Waals surface area contributed by atoms with Crippen LogP contribution in [0.25, 0.3) is 5.57 Å². The SMILES string of the molecule is CC(=O)Nc1ccccc1[As](=O)(O)OO.CC(C)=C1C(=O)Nc2ccccc21. The summed E-state index contributed by atoms with van der Waals surface area (Å²) < 4.78 is 24.1. The summed E-state index contributed by atoms with van der Waals surface area (Å²) in [4.78, 5) is 22.3. The second-order valence-electron chi connectivity index (χ2n) is 6.18. The maximum Gasteiger partial charge on any atom is 0.256 e. The van der Waals surface area contributed by atoms with Crippen molar-refractivity contribution in [3.63, 3.8) is 0 Å². The summed E-state index contributed by atoms with van der Waals surface area (Å²) in [5, 5.41) is 13.5. The van der Waals surface area contributed by atoms with Gasteiger partial charge in [0.25, 0.3) is 5.91 Å². The summed E-state index contributed by atoms with van der Waals surface area (Å²) >= 11 is -4.92. The first kappa shape index (κ1) is 21.7. The Labute approximate surface area is 165 Å². The van der Waals surface area contributed by atoms with Crippen LogP contribution in [0.1, 0.15) is 26.3 Å². The molecule has 0 aliphatic carbocycles. The summed E-state index contributed by atoms with van der Waals surface area (Å²) in [5.74, 6) is -0.364. The van der Waals surface area contributed by atoms with Crippen LogP contribution >= 0.6 is 0 Å². The molecule has 1 atom stereocenters. The number of para-hydroxylation sites is 2. The van der Waals surface area contributed by atoms with Gasteiger partial charge < -0.3 is 5.32 Å². The van der Waals surface area contributed by atoms with Gasteiger partial charge in [-0.15, -0.1) is 0 Å². The molecule has 0 aromatic heterocycles. The maximum atomic E-state index is 11.5. The zero-order valence-corrected chi connectivity index (χ0v) is 17.5. The average molecular weight is 448 g/mol. The van der Waals surface area contributed by atoms with Gasteiger partial charge in [0.1, 0.15) is 0 Å². The quantitative estimate of drug-likeness (QED) is 0.247. The number of fused-ring (bicyclic) bond motifs is 1. The van der Waals surface area contributed by atoms with Gasteiger partial charge in [-0.3, -0.25) is 4.79 Å². The molecule has 0 spiro atoms. The van der Waals surface area contributed by atoms with Gasteiger partial charge in [-0.1, -0.05) is 23.8 Å². The van der Waals surface area contributed by atoms with Crippen molar-refractivity contribution >= 4 is 47.3 Å². The molecule has 0 saturated carbocycles. The van der Waals surface area contributed by atoms with Crippen LogP contribution in [-0.4, -0.2) is 35.3 Å². The molecule has 1 aliphatic heterocycles. The first-order chi connectivity index (χ1) is 13.2. The second-order valence-corrected chi connectivity index (χ2v) is 9.71. The number of hydrogen-bond acceptors (Lipinski definition) is 5. The van der Waals surface area contributed by atoms with E-state index in [0.29, 0.717) is 0 Å². The largest absolute Gasteiger partial charge is 0.321 e. The van der Waals surface area contributed by atoms with Gasteiger partial charge in [0.15, 0.2) is 0 Å². The molecular formula is C19H21AsN2O6. The number of benzene rings is 2. The van der Waals surface area contributed by atoms with Crippen LogP contribution in [0.4, 0.5) is 11.4 Å². The van der Waals surface area contributed by atoms with Crippen LogP contribution in [0.15, 0.2) is 54.1 Å². The maximum absolute atomic E-state index is 11.5. The van der Waals surface area contributed by atoms with E-state index in [4.69, 9.17) is 5.26 Å². The van der Waals surface area contributed by atoms with Crippen LogP contribution in [0.2, 0.25) is 0 Å². The van der Waals surface area contributed by atoms with Gasteiger partial charge in [-0.2, -0.15) is 0 Å². The monoisotopic (exact) mass is 448 g/mol. The van der Waals surface area contributed by atoms with E-state index in [0.717, 1.165) is 22.4 Å². The molecule has 1 aliphatic rings. The molecule has 1 heterocycles. The summed E-state index contributed by atoms with van der Waals surface area (Å²) in [5.41, 5.74) is 3.97. The summed E-state index contributed by atoms with van der Waals surface area (Å²) in [7, 11) is 0. The molecule has 3 rings (SSSR count). The van der Waals surface area contributed by atoms with Gasteiger partial charge >= 0.3 is 88.4 Å². The van der Waals surface area contributed by atoms with E-state index in [2.05, 4.69) is 14.5 Å². The van der Waals surface area contributed by atoms with Crippen LogP contribution in [0.3, 0.4) is 0 Å². The topological polar surface area (TPSA) is 125 Å². The third-order valence-electron chi connectivity index (χ3n) is 3.80. The number of anilines is 2. The molecule has 0 bridgehead atoms. The van der Waals surface area contributed by atoms with Gasteiger partial charge in [-0.25, -0.2) is 0 Å². The molecule has 4 N–H and O–H groups in total. The molecular weight excluding hydrogens is 427 g/mol. The molecule has 9 heteroatoms. The Morgan fingerprint density at radius 2 is 1.68 bits per heavy atom. The van der Waals surface area contributed by atoms with Crippen molar-refractivity contribution in [2.45, 2.75) is 20.8 Å². The number of rotatable bonds is 3. The molecule has 1 unspecified atom stereocenters. The van der Waals surface area contributed by atoms with Crippen LogP contribution in [-0.2, 0) is 17.2 Å². The zero-order valence-electron chi connectivity index (χ0n) is 15.6. The van der Waals surface area contributed by atoms with E-state index in [1.54, 1.807) is 6.07 Å². The third kappa shape index (κ3) is 4.99. The molecule has 8 nitrogen and oxygen atoms in total. The Morgan fingerprint density at radius 3 is 2.29 bits per heavy atom. The molecule has 0 radical (unpaired) electrons. The molecule has 0 saturated heterocycles. The Balaban J connectivity index is 0.000000202. The zero-order chi connectivity index (χ0) is 20.9. The van der Waals surface area contributed by atoms with E-state index in [9.17, 15) is 17.4 Å². The van der Waals surface area contributed by atoms with Crippen LogP contribution in [0, 0.1) is 0 Å². The van der Waals surface area contributed by atoms with Crippen molar-refractivity contribution in [1.29, 1.82) is 0 Å². The first-order valence-electron chi connectivity index (χ1n) is 8.28. The Hall–Kier alpha value is -2.64. The van der Waals surface area contributed by atoms with Crippen molar-refractivity contribution in [3.8, 4) is 0 Å². The van der Waals surface area contributed by atoms with Gasteiger partial charge in [0.2, 0.25) is 0 Å². The summed E-state index contributed by atoms with van der Waals surface area (Å²) in [6.07, 6.45) is 0. The van der Waals surface area contributed by atoms with Crippen molar-refractivity contribution in [2.75, 3.05) is 10.6 Å².